The van der Waals surface area contributed by atoms with Gasteiger partial charge in [-0.1, -0.05) is 18.2 Å². The Kier molecular flexibility index (Phi) is 2.93. The number of hydrogen-bond acceptors (Lipinski definition) is 4. The summed E-state index contributed by atoms with van der Waals surface area (Å²) in [6.45, 7) is 0. The number of phenolic OH excluding ortho intramolecular Hbond substituents is 1. The van der Waals surface area contributed by atoms with E-state index in [4.69, 9.17) is 10.6 Å². The number of para-hydroxylation sites is 1. The van der Waals surface area contributed by atoms with E-state index in [0.717, 1.165) is 0 Å². The number of benzene rings is 2. The smallest absolute Gasteiger partial charge is 0.171 e. The van der Waals surface area contributed by atoms with Crippen LogP contribution in [0.3, 0.4) is 0 Å². The first-order valence-corrected chi connectivity index (χ1v) is 4.82. The van der Waals surface area contributed by atoms with Crippen LogP contribution in [-0.4, -0.2) is 5.11 Å². The van der Waals surface area contributed by atoms with Crippen LogP contribution in [-0.2, 0) is 0 Å². The van der Waals surface area contributed by atoms with Crippen molar-refractivity contribution < 1.29 is 9.84 Å². The maximum atomic E-state index is 9.60. The van der Waals surface area contributed by atoms with Crippen LogP contribution in [0.2, 0.25) is 0 Å². The lowest BCUT2D eigenvalue weighted by atomic mass is 10.3. The number of hydrazine groups is 1. The van der Waals surface area contributed by atoms with Crippen LogP contribution in [0.1, 0.15) is 0 Å². The molecule has 0 amide bonds. The highest BCUT2D eigenvalue weighted by Gasteiger charge is 2.04. The molecule has 16 heavy (non-hydrogen) atoms. The molecule has 0 saturated heterocycles. The third-order valence-electron chi connectivity index (χ3n) is 2.10. The lowest BCUT2D eigenvalue weighted by Gasteiger charge is -2.09. The Labute approximate surface area is 93.3 Å². The van der Waals surface area contributed by atoms with E-state index in [9.17, 15) is 5.11 Å². The van der Waals surface area contributed by atoms with Crippen LogP contribution in [0.25, 0.3) is 0 Å². The summed E-state index contributed by atoms with van der Waals surface area (Å²) in [5, 5.41) is 9.60. The first-order chi connectivity index (χ1) is 7.79. The molecule has 4 nitrogen and oxygen atoms in total. The number of rotatable bonds is 3. The summed E-state index contributed by atoms with van der Waals surface area (Å²) in [7, 11) is 0. The standard InChI is InChI=1S/C12H12N2O2/c13-14-9-6-7-11(15)12(8-9)16-10-4-2-1-3-5-10/h1-8,14-15H,13H2. The van der Waals surface area contributed by atoms with E-state index in [1.807, 2.05) is 30.3 Å². The Morgan fingerprint density at radius 1 is 1.06 bits per heavy atom. The molecule has 2 aromatic carbocycles. The van der Waals surface area contributed by atoms with Gasteiger partial charge in [0.05, 0.1) is 5.69 Å². The lowest BCUT2D eigenvalue weighted by molar-refractivity contribution is 0.411. The van der Waals surface area contributed by atoms with Gasteiger partial charge in [0.25, 0.3) is 0 Å². The second-order valence-corrected chi connectivity index (χ2v) is 3.24. The molecule has 0 saturated carbocycles. The highest BCUT2D eigenvalue weighted by molar-refractivity contribution is 5.54. The number of anilines is 1. The Morgan fingerprint density at radius 3 is 2.50 bits per heavy atom. The van der Waals surface area contributed by atoms with E-state index in [2.05, 4.69) is 5.43 Å². The number of nitrogens with two attached hydrogens (primary N) is 1. The molecule has 0 aliphatic rings. The summed E-state index contributed by atoms with van der Waals surface area (Å²) < 4.78 is 5.51. The van der Waals surface area contributed by atoms with Gasteiger partial charge in [-0.15, -0.1) is 0 Å². The molecular formula is C12H12N2O2. The fourth-order valence-corrected chi connectivity index (χ4v) is 1.30. The highest BCUT2D eigenvalue weighted by atomic mass is 16.5. The predicted octanol–water partition coefficient (Wildman–Crippen LogP) is 2.47. The van der Waals surface area contributed by atoms with Crippen molar-refractivity contribution in [3.63, 3.8) is 0 Å². The summed E-state index contributed by atoms with van der Waals surface area (Å²) >= 11 is 0. The molecule has 0 heterocycles. The zero-order valence-corrected chi connectivity index (χ0v) is 8.55. The summed E-state index contributed by atoms with van der Waals surface area (Å²) in [6, 6.07) is 14.0. The van der Waals surface area contributed by atoms with Crippen molar-refractivity contribution in [2.24, 2.45) is 5.84 Å². The molecule has 0 aromatic heterocycles. The molecule has 0 fully saturated rings. The van der Waals surface area contributed by atoms with Crippen molar-refractivity contribution in [2.75, 3.05) is 5.43 Å². The third-order valence-corrected chi connectivity index (χ3v) is 2.10. The third kappa shape index (κ3) is 2.24. The number of ether oxygens (including phenoxy) is 1. The van der Waals surface area contributed by atoms with Crippen LogP contribution < -0.4 is 16.0 Å². The minimum atomic E-state index is 0.0721. The second-order valence-electron chi connectivity index (χ2n) is 3.24. The lowest BCUT2D eigenvalue weighted by Crippen LogP contribution is -2.06. The van der Waals surface area contributed by atoms with Crippen LogP contribution in [0.5, 0.6) is 17.2 Å². The monoisotopic (exact) mass is 216 g/mol. The van der Waals surface area contributed by atoms with E-state index in [0.29, 0.717) is 17.2 Å². The fraction of sp³-hybridized carbons (Fsp3) is 0. The van der Waals surface area contributed by atoms with Crippen molar-refractivity contribution in [3.8, 4) is 17.2 Å². The zero-order valence-electron chi connectivity index (χ0n) is 8.55. The van der Waals surface area contributed by atoms with Gasteiger partial charge in [-0.3, -0.25) is 5.84 Å². The summed E-state index contributed by atoms with van der Waals surface area (Å²) in [5.74, 6) is 6.37. The zero-order chi connectivity index (χ0) is 11.4. The number of nitrogens with one attached hydrogen (secondary N) is 1. The van der Waals surface area contributed by atoms with Gasteiger partial charge in [0, 0.05) is 6.07 Å². The van der Waals surface area contributed by atoms with E-state index < -0.39 is 0 Å². The van der Waals surface area contributed by atoms with Gasteiger partial charge in [0.15, 0.2) is 11.5 Å². The first-order valence-electron chi connectivity index (χ1n) is 4.82. The first kappa shape index (κ1) is 10.3. The molecule has 2 aromatic rings. The molecule has 4 N–H and O–H groups in total. The minimum Gasteiger partial charge on any atom is -0.504 e. The van der Waals surface area contributed by atoms with Crippen molar-refractivity contribution in [1.82, 2.24) is 0 Å². The Hall–Kier alpha value is -2.20. The molecule has 0 radical (unpaired) electrons. The average Bonchev–Trinajstić information content (AvgIpc) is 2.33. The van der Waals surface area contributed by atoms with Gasteiger partial charge in [0.2, 0.25) is 0 Å². The average molecular weight is 216 g/mol. The summed E-state index contributed by atoms with van der Waals surface area (Å²) in [4.78, 5) is 0. The Balaban J connectivity index is 2.27. The Morgan fingerprint density at radius 2 is 1.81 bits per heavy atom. The Bertz CT molecular complexity index is 472. The molecule has 0 unspecified atom stereocenters. The number of phenols is 1. The molecule has 0 aliphatic carbocycles. The quantitative estimate of drug-likeness (QED) is 0.419. The molecule has 0 aliphatic heterocycles. The molecule has 82 valence electrons. The van der Waals surface area contributed by atoms with E-state index in [-0.39, 0.29) is 5.75 Å². The summed E-state index contributed by atoms with van der Waals surface area (Å²) in [6.07, 6.45) is 0. The van der Waals surface area contributed by atoms with E-state index in [1.165, 1.54) is 6.07 Å². The van der Waals surface area contributed by atoms with E-state index in [1.54, 1.807) is 12.1 Å². The fourth-order valence-electron chi connectivity index (χ4n) is 1.30. The molecule has 2 rings (SSSR count). The van der Waals surface area contributed by atoms with Gasteiger partial charge in [0.1, 0.15) is 5.75 Å². The van der Waals surface area contributed by atoms with Crippen molar-refractivity contribution in [2.45, 2.75) is 0 Å². The summed E-state index contributed by atoms with van der Waals surface area (Å²) in [5.41, 5.74) is 3.16. The van der Waals surface area contributed by atoms with Gasteiger partial charge >= 0.3 is 0 Å². The van der Waals surface area contributed by atoms with Gasteiger partial charge in [-0.05, 0) is 24.3 Å². The maximum Gasteiger partial charge on any atom is 0.171 e. The predicted molar refractivity (Wildman–Crippen MR) is 62.4 cm³/mol. The maximum absolute atomic E-state index is 9.60. The molecule has 0 atom stereocenters. The second kappa shape index (κ2) is 4.55. The van der Waals surface area contributed by atoms with Crippen molar-refractivity contribution in [3.05, 3.63) is 48.5 Å². The van der Waals surface area contributed by atoms with Crippen LogP contribution in [0.4, 0.5) is 5.69 Å². The van der Waals surface area contributed by atoms with Gasteiger partial charge in [-0.2, -0.15) is 0 Å². The SMILES string of the molecule is NNc1ccc(O)c(Oc2ccccc2)c1. The van der Waals surface area contributed by atoms with Crippen molar-refractivity contribution in [1.29, 1.82) is 0 Å². The normalized spacial score (nSPS) is 9.81. The largest absolute Gasteiger partial charge is 0.504 e. The number of aromatic hydroxyl groups is 1. The van der Waals surface area contributed by atoms with Gasteiger partial charge < -0.3 is 15.3 Å². The molecule has 0 spiro atoms. The van der Waals surface area contributed by atoms with Crippen molar-refractivity contribution >= 4 is 5.69 Å². The van der Waals surface area contributed by atoms with Crippen LogP contribution in [0, 0.1) is 0 Å². The van der Waals surface area contributed by atoms with Crippen LogP contribution >= 0.6 is 0 Å². The van der Waals surface area contributed by atoms with E-state index >= 15 is 0 Å². The topological polar surface area (TPSA) is 67.5 Å². The van der Waals surface area contributed by atoms with Gasteiger partial charge in [-0.25, -0.2) is 0 Å². The number of hydrogen-bond donors (Lipinski definition) is 3. The number of nitrogen functional groups attached to an aromatic ring is 1. The molecule has 4 heteroatoms. The highest BCUT2D eigenvalue weighted by Crippen LogP contribution is 2.32. The minimum absolute atomic E-state index is 0.0721. The molecule has 0 bridgehead atoms. The van der Waals surface area contributed by atoms with Crippen LogP contribution in [0.15, 0.2) is 48.5 Å². The molecular weight excluding hydrogens is 204 g/mol.